The molecule has 0 radical (unpaired) electrons. The van der Waals surface area contributed by atoms with Crippen LogP contribution in [-0.2, 0) is 23.1 Å². The number of amides is 1. The number of aromatic amines is 1. The molecule has 1 aromatic carbocycles. The first-order valence-electron chi connectivity index (χ1n) is 9.71. The van der Waals surface area contributed by atoms with Gasteiger partial charge in [-0.15, -0.1) is 0 Å². The summed E-state index contributed by atoms with van der Waals surface area (Å²) in [5.74, 6) is 0.292. The second-order valence-electron chi connectivity index (χ2n) is 7.50. The maximum absolute atomic E-state index is 13.0. The first kappa shape index (κ1) is 19.4. The SMILES string of the molecule is Cc1noc(C)c1S(=O)(=O)Nc1cc2n(n1)CCN(C(=O)c1cc3ccccc3[nH]1)C2. The molecule has 2 N–H and O–H groups in total. The number of carbonyl (C=O) groups is 1. The zero-order valence-electron chi connectivity index (χ0n) is 16.9. The van der Waals surface area contributed by atoms with Gasteiger partial charge >= 0.3 is 0 Å². The van der Waals surface area contributed by atoms with Gasteiger partial charge < -0.3 is 14.4 Å². The molecule has 31 heavy (non-hydrogen) atoms. The molecule has 0 spiro atoms. The highest BCUT2D eigenvalue weighted by atomic mass is 32.2. The Bertz CT molecular complexity index is 1360. The number of hydrogen-bond donors (Lipinski definition) is 2. The van der Waals surface area contributed by atoms with Crippen LogP contribution in [0.3, 0.4) is 0 Å². The van der Waals surface area contributed by atoms with Gasteiger partial charge in [-0.2, -0.15) is 5.10 Å². The molecule has 0 aliphatic carbocycles. The number of anilines is 1. The molecular weight excluding hydrogens is 420 g/mol. The van der Waals surface area contributed by atoms with Crippen molar-refractivity contribution in [1.82, 2.24) is 24.8 Å². The zero-order chi connectivity index (χ0) is 21.8. The van der Waals surface area contributed by atoms with Crippen LogP contribution < -0.4 is 4.72 Å². The lowest BCUT2D eigenvalue weighted by atomic mass is 10.2. The minimum atomic E-state index is -3.89. The van der Waals surface area contributed by atoms with Crippen LogP contribution in [0.2, 0.25) is 0 Å². The average Bonchev–Trinajstić information content (AvgIpc) is 3.42. The highest BCUT2D eigenvalue weighted by Gasteiger charge is 2.28. The van der Waals surface area contributed by atoms with Gasteiger partial charge in [0.05, 0.1) is 18.8 Å². The van der Waals surface area contributed by atoms with E-state index in [4.69, 9.17) is 4.52 Å². The van der Waals surface area contributed by atoms with Crippen LogP contribution in [0.4, 0.5) is 5.82 Å². The Hall–Kier alpha value is -3.60. The number of fused-ring (bicyclic) bond motifs is 2. The summed E-state index contributed by atoms with van der Waals surface area (Å²) < 4.78 is 34.6. The van der Waals surface area contributed by atoms with Crippen molar-refractivity contribution in [3.8, 4) is 0 Å². The van der Waals surface area contributed by atoms with Crippen molar-refractivity contribution in [3.63, 3.8) is 0 Å². The quantitative estimate of drug-likeness (QED) is 0.502. The molecule has 0 bridgehead atoms. The Morgan fingerprint density at radius 2 is 2.00 bits per heavy atom. The molecule has 1 aliphatic rings. The molecule has 11 heteroatoms. The molecule has 0 fully saturated rings. The molecule has 1 amide bonds. The summed E-state index contributed by atoms with van der Waals surface area (Å²) in [6.07, 6.45) is 0. The van der Waals surface area contributed by atoms with Gasteiger partial charge in [-0.1, -0.05) is 23.4 Å². The number of benzene rings is 1. The molecule has 4 aromatic rings. The van der Waals surface area contributed by atoms with Crippen LogP contribution >= 0.6 is 0 Å². The number of aromatic nitrogens is 4. The molecule has 10 nitrogen and oxygen atoms in total. The summed E-state index contributed by atoms with van der Waals surface area (Å²) in [5.41, 5.74) is 2.45. The van der Waals surface area contributed by atoms with Gasteiger partial charge in [0.25, 0.3) is 15.9 Å². The number of aryl methyl sites for hydroxylation is 2. The highest BCUT2D eigenvalue weighted by Crippen LogP contribution is 2.24. The molecule has 160 valence electrons. The lowest BCUT2D eigenvalue weighted by Crippen LogP contribution is -2.38. The molecule has 0 atom stereocenters. The van der Waals surface area contributed by atoms with E-state index in [9.17, 15) is 13.2 Å². The molecule has 5 rings (SSSR count). The van der Waals surface area contributed by atoms with Crippen LogP contribution in [0.1, 0.15) is 27.6 Å². The van der Waals surface area contributed by atoms with Gasteiger partial charge in [0.15, 0.2) is 16.5 Å². The number of para-hydroxylation sites is 1. The highest BCUT2D eigenvalue weighted by molar-refractivity contribution is 7.92. The zero-order valence-corrected chi connectivity index (χ0v) is 17.7. The fraction of sp³-hybridized carbons (Fsp3) is 0.250. The van der Waals surface area contributed by atoms with Crippen molar-refractivity contribution in [3.05, 3.63) is 59.2 Å². The van der Waals surface area contributed by atoms with E-state index < -0.39 is 10.0 Å². The van der Waals surface area contributed by atoms with Gasteiger partial charge in [-0.25, -0.2) is 8.42 Å². The first-order chi connectivity index (χ1) is 14.8. The minimum absolute atomic E-state index is 0.00841. The Morgan fingerprint density at radius 1 is 1.19 bits per heavy atom. The molecule has 0 saturated heterocycles. The topological polar surface area (TPSA) is 126 Å². The summed E-state index contributed by atoms with van der Waals surface area (Å²) in [6.45, 7) is 4.37. The smallest absolute Gasteiger partial charge is 0.270 e. The second kappa shape index (κ2) is 6.98. The standard InChI is InChI=1S/C20H20N6O4S/c1-12-19(13(2)30-23-12)31(28,29)24-18-10-15-11-25(7-8-26(15)22-18)20(27)17-9-14-5-3-4-6-16(14)21-17/h3-6,9-10,21H,7-8,11H2,1-2H3,(H,22,24). The molecule has 4 heterocycles. The fourth-order valence-corrected chi connectivity index (χ4v) is 5.21. The molecule has 0 unspecified atom stereocenters. The number of carbonyl (C=O) groups excluding carboxylic acids is 1. The van der Waals surface area contributed by atoms with Crippen molar-refractivity contribution in [2.75, 3.05) is 11.3 Å². The summed E-state index contributed by atoms with van der Waals surface area (Å²) in [6, 6.07) is 11.2. The van der Waals surface area contributed by atoms with E-state index in [-0.39, 0.29) is 28.1 Å². The predicted molar refractivity (Wildman–Crippen MR) is 112 cm³/mol. The van der Waals surface area contributed by atoms with Crippen molar-refractivity contribution in [2.45, 2.75) is 31.8 Å². The van der Waals surface area contributed by atoms with E-state index >= 15 is 0 Å². The normalized spacial score (nSPS) is 14.1. The van der Waals surface area contributed by atoms with Gasteiger partial charge in [0.2, 0.25) is 0 Å². The second-order valence-corrected chi connectivity index (χ2v) is 9.12. The monoisotopic (exact) mass is 440 g/mol. The number of nitrogens with one attached hydrogen (secondary N) is 2. The Kier molecular flexibility index (Phi) is 4.36. The summed E-state index contributed by atoms with van der Waals surface area (Å²) >= 11 is 0. The lowest BCUT2D eigenvalue weighted by molar-refractivity contribution is 0.0701. The third-order valence-electron chi connectivity index (χ3n) is 5.32. The Labute approximate surface area is 177 Å². The Morgan fingerprint density at radius 3 is 2.74 bits per heavy atom. The minimum Gasteiger partial charge on any atom is -0.360 e. The van der Waals surface area contributed by atoms with Crippen LogP contribution in [0, 0.1) is 13.8 Å². The van der Waals surface area contributed by atoms with Crippen molar-refractivity contribution < 1.29 is 17.7 Å². The number of nitrogens with zero attached hydrogens (tertiary/aromatic N) is 4. The van der Waals surface area contributed by atoms with Gasteiger partial charge in [0.1, 0.15) is 11.4 Å². The van der Waals surface area contributed by atoms with E-state index in [1.807, 2.05) is 30.3 Å². The summed E-state index contributed by atoms with van der Waals surface area (Å²) in [7, 11) is -3.89. The van der Waals surface area contributed by atoms with E-state index in [2.05, 4.69) is 20.0 Å². The molecule has 0 saturated carbocycles. The number of hydrogen-bond acceptors (Lipinski definition) is 6. The van der Waals surface area contributed by atoms with Gasteiger partial charge in [0, 0.05) is 23.5 Å². The first-order valence-corrected chi connectivity index (χ1v) is 11.2. The van der Waals surface area contributed by atoms with Crippen LogP contribution in [0.15, 0.2) is 45.8 Å². The van der Waals surface area contributed by atoms with Crippen LogP contribution in [-0.4, -0.2) is 45.7 Å². The number of H-pyrrole nitrogens is 1. The van der Waals surface area contributed by atoms with Gasteiger partial charge in [-0.3, -0.25) is 14.2 Å². The predicted octanol–water partition coefficient (Wildman–Crippen LogP) is 2.43. The molecular formula is C20H20N6O4S. The van der Waals surface area contributed by atoms with E-state index in [0.717, 1.165) is 16.6 Å². The Balaban J connectivity index is 1.36. The molecule has 3 aromatic heterocycles. The third kappa shape index (κ3) is 3.36. The fourth-order valence-electron chi connectivity index (χ4n) is 3.90. The van der Waals surface area contributed by atoms with Crippen molar-refractivity contribution in [1.29, 1.82) is 0 Å². The maximum Gasteiger partial charge on any atom is 0.270 e. The van der Waals surface area contributed by atoms with Crippen LogP contribution in [0.5, 0.6) is 0 Å². The third-order valence-corrected chi connectivity index (χ3v) is 6.92. The average molecular weight is 440 g/mol. The summed E-state index contributed by atoms with van der Waals surface area (Å²) in [5, 5.41) is 9.01. The van der Waals surface area contributed by atoms with E-state index in [1.165, 1.54) is 0 Å². The van der Waals surface area contributed by atoms with Crippen LogP contribution in [0.25, 0.3) is 10.9 Å². The number of sulfonamides is 1. The van der Waals surface area contributed by atoms with Crippen molar-refractivity contribution in [2.24, 2.45) is 0 Å². The summed E-state index contributed by atoms with van der Waals surface area (Å²) in [4.78, 5) is 17.9. The number of rotatable bonds is 4. The maximum atomic E-state index is 13.0. The lowest BCUT2D eigenvalue weighted by Gasteiger charge is -2.27. The van der Waals surface area contributed by atoms with E-state index in [0.29, 0.717) is 25.3 Å². The van der Waals surface area contributed by atoms with Crippen molar-refractivity contribution >= 4 is 32.7 Å². The largest absolute Gasteiger partial charge is 0.360 e. The van der Waals surface area contributed by atoms with Gasteiger partial charge in [-0.05, 0) is 26.0 Å². The molecule has 1 aliphatic heterocycles. The van der Waals surface area contributed by atoms with E-state index in [1.54, 1.807) is 29.5 Å².